The molecule has 3 rings (SSSR count). The van der Waals surface area contributed by atoms with E-state index in [1.165, 1.54) is 0 Å². The van der Waals surface area contributed by atoms with Crippen molar-refractivity contribution < 1.29 is 19.1 Å². The van der Waals surface area contributed by atoms with Crippen LogP contribution in [0.2, 0.25) is 10.0 Å². The molecule has 0 saturated heterocycles. The Bertz CT molecular complexity index is 1010. The predicted molar refractivity (Wildman–Crippen MR) is 125 cm³/mol. The molecule has 0 fully saturated rings. The maximum atomic E-state index is 13.0. The minimum Gasteiger partial charge on any atom is -0.444 e. The van der Waals surface area contributed by atoms with Gasteiger partial charge in [0, 0.05) is 16.6 Å². The van der Waals surface area contributed by atoms with Crippen LogP contribution in [0.25, 0.3) is 0 Å². The van der Waals surface area contributed by atoms with E-state index >= 15 is 0 Å². The zero-order valence-corrected chi connectivity index (χ0v) is 19.8. The molecule has 1 aliphatic heterocycles. The van der Waals surface area contributed by atoms with Crippen molar-refractivity contribution in [3.8, 4) is 0 Å². The summed E-state index contributed by atoms with van der Waals surface area (Å²) in [5, 5.41) is 4.81. The van der Waals surface area contributed by atoms with Crippen molar-refractivity contribution >= 4 is 40.9 Å². The maximum Gasteiger partial charge on any atom is 0.407 e. The van der Waals surface area contributed by atoms with Gasteiger partial charge in [-0.15, -0.1) is 0 Å². The molecular weight excluding hydrogens is 453 g/mol. The summed E-state index contributed by atoms with van der Waals surface area (Å²) in [6.45, 7) is 6.37. The molecule has 7 nitrogen and oxygen atoms in total. The molecule has 172 valence electrons. The largest absolute Gasteiger partial charge is 0.444 e. The van der Waals surface area contributed by atoms with E-state index < -0.39 is 17.6 Å². The van der Waals surface area contributed by atoms with Crippen LogP contribution >= 0.6 is 23.2 Å². The number of hydrogen-bond acceptors (Lipinski definition) is 5. The van der Waals surface area contributed by atoms with Gasteiger partial charge in [0.05, 0.1) is 24.8 Å². The summed E-state index contributed by atoms with van der Waals surface area (Å²) in [7, 11) is 0. The monoisotopic (exact) mass is 479 g/mol. The highest BCUT2D eigenvalue weighted by atomic mass is 35.5. The molecule has 0 bridgehead atoms. The van der Waals surface area contributed by atoms with Gasteiger partial charge in [-0.3, -0.25) is 4.79 Å². The molecule has 0 spiro atoms. The number of hydrazine groups is 1. The second kappa shape index (κ2) is 10.1. The van der Waals surface area contributed by atoms with Crippen LogP contribution in [-0.4, -0.2) is 37.4 Å². The number of nitrogens with one attached hydrogen (secondary N) is 1. The molecule has 2 aromatic carbocycles. The summed E-state index contributed by atoms with van der Waals surface area (Å²) in [6.07, 6.45) is -0.0228. The smallest absolute Gasteiger partial charge is 0.407 e. The second-order valence-electron chi connectivity index (χ2n) is 8.41. The van der Waals surface area contributed by atoms with Crippen LogP contribution < -0.4 is 16.2 Å². The van der Waals surface area contributed by atoms with E-state index in [1.807, 2.05) is 18.2 Å². The summed E-state index contributed by atoms with van der Waals surface area (Å²) in [5.74, 6) is 5.17. The first kappa shape index (κ1) is 24.3. The zero-order chi connectivity index (χ0) is 23.5. The van der Waals surface area contributed by atoms with Crippen LogP contribution in [0.1, 0.15) is 43.4 Å². The van der Waals surface area contributed by atoms with Crippen molar-refractivity contribution in [3.05, 3.63) is 63.1 Å². The number of halogens is 2. The third-order valence-corrected chi connectivity index (χ3v) is 5.64. The lowest BCUT2D eigenvalue weighted by Gasteiger charge is -2.19. The lowest BCUT2D eigenvalue weighted by atomic mass is 9.88. The number of nitrogens with zero attached hydrogens (tertiary/aromatic N) is 1. The molecule has 32 heavy (non-hydrogen) atoms. The molecule has 2 amide bonds. The Balaban J connectivity index is 1.68. The normalized spacial score (nSPS) is 15.6. The molecule has 1 atom stereocenters. The van der Waals surface area contributed by atoms with Gasteiger partial charge in [-0.1, -0.05) is 41.4 Å². The molecule has 3 N–H and O–H groups in total. The van der Waals surface area contributed by atoms with Crippen LogP contribution in [0, 0.1) is 0 Å². The Morgan fingerprint density at radius 1 is 1.12 bits per heavy atom. The fraction of sp³-hybridized carbons (Fsp3) is 0.391. The highest BCUT2D eigenvalue weighted by molar-refractivity contribution is 6.33. The standard InChI is InChI=1S/C23H27Cl2N3O4/c1-23(2,3)32-22(30)27-11-13-31-12-10-15-17(25)8-9-18-19(15)20(21(29)28(18)26)14-6-4-5-7-16(14)24/h4-9,20H,10-13,26H2,1-3H3,(H,27,30). The molecule has 1 heterocycles. The fourth-order valence-corrected chi connectivity index (χ4v) is 4.11. The van der Waals surface area contributed by atoms with Crippen LogP contribution in [0.4, 0.5) is 10.5 Å². The quantitative estimate of drug-likeness (QED) is 0.348. The van der Waals surface area contributed by atoms with E-state index in [2.05, 4.69) is 5.32 Å². The Hall–Kier alpha value is -2.32. The van der Waals surface area contributed by atoms with Gasteiger partial charge in [0.15, 0.2) is 0 Å². The van der Waals surface area contributed by atoms with Gasteiger partial charge >= 0.3 is 6.09 Å². The molecule has 0 aromatic heterocycles. The minimum absolute atomic E-state index is 0.265. The molecule has 0 radical (unpaired) electrons. The number of benzene rings is 2. The molecule has 1 aliphatic rings. The summed E-state index contributed by atoms with van der Waals surface area (Å²) < 4.78 is 10.8. The maximum absolute atomic E-state index is 13.0. The van der Waals surface area contributed by atoms with Crippen LogP contribution in [0.3, 0.4) is 0 Å². The number of ether oxygens (including phenoxy) is 2. The van der Waals surface area contributed by atoms with Gasteiger partial charge in [0.2, 0.25) is 0 Å². The zero-order valence-electron chi connectivity index (χ0n) is 18.3. The first-order valence-electron chi connectivity index (χ1n) is 10.3. The highest BCUT2D eigenvalue weighted by Crippen LogP contribution is 2.45. The van der Waals surface area contributed by atoms with Crippen molar-refractivity contribution in [3.63, 3.8) is 0 Å². The number of alkyl carbamates (subject to hydrolysis) is 1. The summed E-state index contributed by atoms with van der Waals surface area (Å²) in [4.78, 5) is 24.7. The molecule has 1 unspecified atom stereocenters. The van der Waals surface area contributed by atoms with Crippen molar-refractivity contribution in [2.45, 2.75) is 38.7 Å². The fourth-order valence-electron chi connectivity index (χ4n) is 3.61. The number of anilines is 1. The number of carbonyl (C=O) groups is 2. The number of hydrogen-bond donors (Lipinski definition) is 2. The topological polar surface area (TPSA) is 93.9 Å². The van der Waals surface area contributed by atoms with Crippen molar-refractivity contribution in [2.75, 3.05) is 24.8 Å². The van der Waals surface area contributed by atoms with Gasteiger partial charge in [-0.25, -0.2) is 15.6 Å². The number of amides is 2. The van der Waals surface area contributed by atoms with Crippen molar-refractivity contribution in [2.24, 2.45) is 5.84 Å². The van der Waals surface area contributed by atoms with E-state index in [4.69, 9.17) is 38.5 Å². The Morgan fingerprint density at radius 3 is 2.53 bits per heavy atom. The first-order valence-corrected chi connectivity index (χ1v) is 11.0. The van der Waals surface area contributed by atoms with Gasteiger partial charge < -0.3 is 14.8 Å². The van der Waals surface area contributed by atoms with Crippen molar-refractivity contribution in [1.29, 1.82) is 0 Å². The lowest BCUT2D eigenvalue weighted by Crippen LogP contribution is -2.35. The van der Waals surface area contributed by atoms with E-state index in [1.54, 1.807) is 39.0 Å². The molecule has 0 saturated carbocycles. The van der Waals surface area contributed by atoms with Gasteiger partial charge in [-0.05, 0) is 62.1 Å². The van der Waals surface area contributed by atoms with Crippen LogP contribution in [0.5, 0.6) is 0 Å². The minimum atomic E-state index is -0.633. The number of nitrogens with two attached hydrogens (primary N) is 1. The summed E-state index contributed by atoms with van der Waals surface area (Å²) >= 11 is 12.9. The lowest BCUT2D eigenvalue weighted by molar-refractivity contribution is -0.118. The average Bonchev–Trinajstić information content (AvgIpc) is 2.96. The first-order chi connectivity index (χ1) is 15.1. The third kappa shape index (κ3) is 5.53. The number of carbonyl (C=O) groups excluding carboxylic acids is 2. The van der Waals surface area contributed by atoms with E-state index in [-0.39, 0.29) is 5.91 Å². The van der Waals surface area contributed by atoms with E-state index in [0.717, 1.165) is 16.1 Å². The van der Waals surface area contributed by atoms with E-state index in [9.17, 15) is 9.59 Å². The van der Waals surface area contributed by atoms with Gasteiger partial charge in [0.1, 0.15) is 5.60 Å². The van der Waals surface area contributed by atoms with Gasteiger partial charge in [-0.2, -0.15) is 0 Å². The molecular formula is C23H27Cl2N3O4. The van der Waals surface area contributed by atoms with E-state index in [0.29, 0.717) is 47.5 Å². The Kier molecular flexibility index (Phi) is 7.67. The SMILES string of the molecule is CC(C)(C)OC(=O)NCCOCCc1c(Cl)ccc2c1C(c1ccccc1Cl)C(=O)N2N. The number of fused-ring (bicyclic) bond motifs is 1. The Labute approximate surface area is 197 Å². The predicted octanol–water partition coefficient (Wildman–Crippen LogP) is 4.43. The molecule has 0 aliphatic carbocycles. The molecule has 9 heteroatoms. The van der Waals surface area contributed by atoms with Crippen LogP contribution in [0.15, 0.2) is 36.4 Å². The van der Waals surface area contributed by atoms with Crippen LogP contribution in [-0.2, 0) is 20.7 Å². The Morgan fingerprint density at radius 2 is 1.84 bits per heavy atom. The second-order valence-corrected chi connectivity index (χ2v) is 9.23. The third-order valence-electron chi connectivity index (χ3n) is 4.94. The van der Waals surface area contributed by atoms with Gasteiger partial charge in [0.25, 0.3) is 5.91 Å². The highest BCUT2D eigenvalue weighted by Gasteiger charge is 2.40. The molecule has 2 aromatic rings. The summed E-state index contributed by atoms with van der Waals surface area (Å²) in [5.41, 5.74) is 2.26. The number of rotatable bonds is 7. The van der Waals surface area contributed by atoms with Crippen molar-refractivity contribution in [1.82, 2.24) is 5.32 Å². The summed E-state index contributed by atoms with van der Waals surface area (Å²) in [6, 6.07) is 10.7. The average molecular weight is 480 g/mol.